The highest BCUT2D eigenvalue weighted by molar-refractivity contribution is 5.73. The quantitative estimate of drug-likeness (QED) is 0.880. The molecule has 0 bridgehead atoms. The van der Waals surface area contributed by atoms with E-state index >= 15 is 0 Å². The van der Waals surface area contributed by atoms with Crippen LogP contribution in [-0.4, -0.2) is 11.5 Å². The van der Waals surface area contributed by atoms with Gasteiger partial charge in [-0.15, -0.1) is 0 Å². The van der Waals surface area contributed by atoms with Crippen molar-refractivity contribution in [2.75, 3.05) is 6.54 Å². The lowest BCUT2D eigenvalue weighted by Crippen LogP contribution is -2.18. The lowest BCUT2D eigenvalue weighted by molar-refractivity contribution is 0.380. The molecular formula is C15H22N2O. The van der Waals surface area contributed by atoms with Crippen molar-refractivity contribution in [1.29, 1.82) is 0 Å². The van der Waals surface area contributed by atoms with Gasteiger partial charge in [0, 0.05) is 6.42 Å². The lowest BCUT2D eigenvalue weighted by atomic mass is 9.94. The SMILES string of the molecule is Cc1ccc2nc(CC(CN)CC(C)C)oc2c1. The zero-order valence-corrected chi connectivity index (χ0v) is 11.4. The number of hydrogen-bond donors (Lipinski definition) is 1. The molecule has 3 nitrogen and oxygen atoms in total. The molecule has 0 saturated carbocycles. The van der Waals surface area contributed by atoms with Crippen molar-refractivity contribution in [3.05, 3.63) is 29.7 Å². The molecule has 1 aromatic heterocycles. The molecule has 0 aliphatic heterocycles. The van der Waals surface area contributed by atoms with Crippen molar-refractivity contribution in [3.63, 3.8) is 0 Å². The van der Waals surface area contributed by atoms with E-state index in [1.54, 1.807) is 0 Å². The summed E-state index contributed by atoms with van der Waals surface area (Å²) in [4.78, 5) is 4.53. The highest BCUT2D eigenvalue weighted by Crippen LogP contribution is 2.21. The summed E-state index contributed by atoms with van der Waals surface area (Å²) in [6, 6.07) is 6.10. The van der Waals surface area contributed by atoms with Crippen LogP contribution in [0.4, 0.5) is 0 Å². The molecule has 0 aliphatic rings. The molecule has 2 aromatic rings. The van der Waals surface area contributed by atoms with Gasteiger partial charge >= 0.3 is 0 Å². The van der Waals surface area contributed by atoms with Gasteiger partial charge in [0.25, 0.3) is 0 Å². The van der Waals surface area contributed by atoms with Crippen LogP contribution in [0.1, 0.15) is 31.7 Å². The molecule has 18 heavy (non-hydrogen) atoms. The summed E-state index contributed by atoms with van der Waals surface area (Å²) in [6.45, 7) is 7.19. The Morgan fingerprint density at radius 1 is 1.33 bits per heavy atom. The van der Waals surface area contributed by atoms with Crippen LogP contribution < -0.4 is 5.73 Å². The molecule has 1 aromatic carbocycles. The van der Waals surface area contributed by atoms with Crippen molar-refractivity contribution in [2.45, 2.75) is 33.6 Å². The highest BCUT2D eigenvalue weighted by Gasteiger charge is 2.14. The molecule has 98 valence electrons. The van der Waals surface area contributed by atoms with E-state index in [2.05, 4.69) is 31.8 Å². The summed E-state index contributed by atoms with van der Waals surface area (Å²) < 4.78 is 5.80. The molecule has 0 amide bonds. The molecule has 2 rings (SSSR count). The fraction of sp³-hybridized carbons (Fsp3) is 0.533. The number of aromatic nitrogens is 1. The fourth-order valence-corrected chi connectivity index (χ4v) is 2.34. The Labute approximate surface area is 108 Å². The van der Waals surface area contributed by atoms with Gasteiger partial charge in [-0.25, -0.2) is 4.98 Å². The van der Waals surface area contributed by atoms with Gasteiger partial charge in [-0.2, -0.15) is 0 Å². The second-order valence-corrected chi connectivity index (χ2v) is 5.51. The van der Waals surface area contributed by atoms with Crippen LogP contribution in [0.2, 0.25) is 0 Å². The average molecular weight is 246 g/mol. The number of aryl methyl sites for hydroxylation is 1. The number of benzene rings is 1. The number of oxazole rings is 1. The number of nitrogens with zero attached hydrogens (tertiary/aromatic N) is 1. The minimum Gasteiger partial charge on any atom is -0.441 e. The molecule has 2 N–H and O–H groups in total. The second-order valence-electron chi connectivity index (χ2n) is 5.51. The molecule has 0 aliphatic carbocycles. The Morgan fingerprint density at radius 2 is 2.11 bits per heavy atom. The topological polar surface area (TPSA) is 52.0 Å². The van der Waals surface area contributed by atoms with Crippen LogP contribution in [0, 0.1) is 18.8 Å². The summed E-state index contributed by atoms with van der Waals surface area (Å²) in [7, 11) is 0. The summed E-state index contributed by atoms with van der Waals surface area (Å²) in [5.74, 6) is 1.93. The Bertz CT molecular complexity index is 516. The van der Waals surface area contributed by atoms with Gasteiger partial charge in [0.05, 0.1) is 0 Å². The van der Waals surface area contributed by atoms with Gasteiger partial charge in [0.15, 0.2) is 11.5 Å². The largest absolute Gasteiger partial charge is 0.441 e. The van der Waals surface area contributed by atoms with Crippen LogP contribution in [0.25, 0.3) is 11.1 Å². The number of fused-ring (bicyclic) bond motifs is 1. The third kappa shape index (κ3) is 3.10. The summed E-state index contributed by atoms with van der Waals surface area (Å²) >= 11 is 0. The first kappa shape index (κ1) is 13.1. The Balaban J connectivity index is 2.15. The highest BCUT2D eigenvalue weighted by atomic mass is 16.3. The summed E-state index contributed by atoms with van der Waals surface area (Å²) in [5.41, 5.74) is 8.84. The van der Waals surface area contributed by atoms with E-state index in [4.69, 9.17) is 10.2 Å². The number of hydrogen-bond acceptors (Lipinski definition) is 3. The van der Waals surface area contributed by atoms with Crippen molar-refractivity contribution in [3.8, 4) is 0 Å². The van der Waals surface area contributed by atoms with Gasteiger partial charge in [0.2, 0.25) is 0 Å². The monoisotopic (exact) mass is 246 g/mol. The molecule has 1 heterocycles. The normalized spacial score (nSPS) is 13.4. The maximum atomic E-state index is 5.82. The van der Waals surface area contributed by atoms with Crippen LogP contribution >= 0.6 is 0 Å². The molecule has 1 unspecified atom stereocenters. The standard InChI is InChI=1S/C15H22N2O/c1-10(2)6-12(9-16)8-15-17-13-5-4-11(3)7-14(13)18-15/h4-5,7,10,12H,6,8-9,16H2,1-3H3. The first-order chi connectivity index (χ1) is 8.58. The average Bonchev–Trinajstić information content (AvgIpc) is 2.68. The number of nitrogens with two attached hydrogens (primary N) is 1. The molecular weight excluding hydrogens is 224 g/mol. The van der Waals surface area contributed by atoms with E-state index < -0.39 is 0 Å². The molecule has 0 spiro atoms. The minimum absolute atomic E-state index is 0.458. The van der Waals surface area contributed by atoms with Gasteiger partial charge in [0.1, 0.15) is 5.52 Å². The van der Waals surface area contributed by atoms with E-state index in [9.17, 15) is 0 Å². The smallest absolute Gasteiger partial charge is 0.195 e. The molecule has 0 fully saturated rings. The van der Waals surface area contributed by atoms with E-state index in [1.807, 2.05) is 12.1 Å². The summed E-state index contributed by atoms with van der Waals surface area (Å²) in [5, 5.41) is 0. The molecule has 1 atom stereocenters. The predicted octanol–water partition coefficient (Wildman–Crippen LogP) is 3.30. The number of rotatable bonds is 5. The lowest BCUT2D eigenvalue weighted by Gasteiger charge is -2.14. The molecule has 3 heteroatoms. The Hall–Kier alpha value is -1.35. The van der Waals surface area contributed by atoms with Gasteiger partial charge < -0.3 is 10.2 Å². The van der Waals surface area contributed by atoms with Crippen LogP contribution in [0.3, 0.4) is 0 Å². The van der Waals surface area contributed by atoms with Crippen LogP contribution in [0.15, 0.2) is 22.6 Å². The molecule has 0 radical (unpaired) electrons. The minimum atomic E-state index is 0.458. The maximum absolute atomic E-state index is 5.82. The van der Waals surface area contributed by atoms with Crippen molar-refractivity contribution in [2.24, 2.45) is 17.6 Å². The van der Waals surface area contributed by atoms with E-state index in [-0.39, 0.29) is 0 Å². The van der Waals surface area contributed by atoms with Crippen molar-refractivity contribution < 1.29 is 4.42 Å². The van der Waals surface area contributed by atoms with Gasteiger partial charge in [-0.05, 0) is 49.4 Å². The zero-order chi connectivity index (χ0) is 13.1. The first-order valence-electron chi connectivity index (χ1n) is 6.64. The van der Waals surface area contributed by atoms with Gasteiger partial charge in [-0.1, -0.05) is 19.9 Å². The van der Waals surface area contributed by atoms with E-state index in [0.717, 1.165) is 29.8 Å². The fourth-order valence-electron chi connectivity index (χ4n) is 2.34. The van der Waals surface area contributed by atoms with Crippen LogP contribution in [0.5, 0.6) is 0 Å². The second kappa shape index (κ2) is 5.53. The third-order valence-corrected chi connectivity index (χ3v) is 3.19. The molecule has 0 saturated heterocycles. The van der Waals surface area contributed by atoms with Gasteiger partial charge in [-0.3, -0.25) is 0 Å². The third-order valence-electron chi connectivity index (χ3n) is 3.19. The Kier molecular flexibility index (Phi) is 4.02. The van der Waals surface area contributed by atoms with Crippen molar-refractivity contribution in [1.82, 2.24) is 4.98 Å². The van der Waals surface area contributed by atoms with Crippen molar-refractivity contribution >= 4 is 11.1 Å². The van der Waals surface area contributed by atoms with E-state index in [0.29, 0.717) is 18.4 Å². The summed E-state index contributed by atoms with van der Waals surface area (Å²) in [6.07, 6.45) is 1.96. The van der Waals surface area contributed by atoms with Crippen LogP contribution in [-0.2, 0) is 6.42 Å². The van der Waals surface area contributed by atoms with E-state index in [1.165, 1.54) is 5.56 Å². The Morgan fingerprint density at radius 3 is 2.78 bits per heavy atom. The predicted molar refractivity (Wildman–Crippen MR) is 74.4 cm³/mol. The zero-order valence-electron chi connectivity index (χ0n) is 11.4. The maximum Gasteiger partial charge on any atom is 0.195 e. The first-order valence-corrected chi connectivity index (χ1v) is 6.64.